The van der Waals surface area contributed by atoms with Crippen LogP contribution in [0.2, 0.25) is 0 Å². The van der Waals surface area contributed by atoms with E-state index in [2.05, 4.69) is 10.4 Å². The maximum atomic E-state index is 12.6. The monoisotopic (exact) mass is 369 g/mol. The van der Waals surface area contributed by atoms with Crippen molar-refractivity contribution in [1.29, 1.82) is 0 Å². The molecule has 2 aromatic rings. The molecule has 27 heavy (non-hydrogen) atoms. The number of benzene rings is 1. The topological polar surface area (TPSA) is 101 Å². The molecule has 1 amide bonds. The predicted octanol–water partition coefficient (Wildman–Crippen LogP) is 2.06. The molecule has 0 aliphatic heterocycles. The van der Waals surface area contributed by atoms with Crippen LogP contribution < -0.4 is 10.9 Å². The Morgan fingerprint density at radius 1 is 1.22 bits per heavy atom. The summed E-state index contributed by atoms with van der Waals surface area (Å²) in [5.74, 6) is -1.94. The van der Waals surface area contributed by atoms with Crippen molar-refractivity contribution in [3.05, 3.63) is 52.8 Å². The second-order valence-electron chi connectivity index (χ2n) is 7.18. The number of rotatable bonds is 5. The minimum atomic E-state index is -0.904. The molecule has 1 aromatic carbocycles. The lowest BCUT2D eigenvalue weighted by Gasteiger charge is -2.39. The fourth-order valence-electron chi connectivity index (χ4n) is 3.70. The number of carbonyl (C=O) groups is 2. The van der Waals surface area contributed by atoms with Crippen LogP contribution in [0.15, 0.2) is 47.3 Å². The van der Waals surface area contributed by atoms with Gasteiger partial charge in [-0.25, -0.2) is 4.68 Å². The van der Waals surface area contributed by atoms with Crippen LogP contribution in [0.5, 0.6) is 0 Å². The summed E-state index contributed by atoms with van der Waals surface area (Å²) in [4.78, 5) is 36.2. The summed E-state index contributed by atoms with van der Waals surface area (Å²) in [5.41, 5.74) is 0.238. The first-order valence-electron chi connectivity index (χ1n) is 9.06. The minimum Gasteiger partial charge on any atom is -0.481 e. The van der Waals surface area contributed by atoms with Gasteiger partial charge in [-0.15, -0.1) is 0 Å². The lowest BCUT2D eigenvalue weighted by molar-refractivity contribution is -0.146. The number of aliphatic carboxylic acids is 1. The number of aromatic nitrogens is 2. The first kappa shape index (κ1) is 18.8. The maximum Gasteiger partial charge on any atom is 0.308 e. The van der Waals surface area contributed by atoms with Gasteiger partial charge in [-0.05, 0) is 25.8 Å². The highest BCUT2D eigenvalue weighted by Gasteiger charge is 2.42. The van der Waals surface area contributed by atoms with Gasteiger partial charge in [0.05, 0.1) is 17.2 Å². The molecule has 0 saturated heterocycles. The zero-order chi connectivity index (χ0) is 19.4. The zero-order valence-electron chi connectivity index (χ0n) is 15.2. The highest BCUT2D eigenvalue weighted by Crippen LogP contribution is 2.33. The van der Waals surface area contributed by atoms with Crippen molar-refractivity contribution < 1.29 is 14.7 Å². The van der Waals surface area contributed by atoms with E-state index in [1.54, 1.807) is 13.0 Å². The molecule has 142 valence electrons. The zero-order valence-corrected chi connectivity index (χ0v) is 15.2. The van der Waals surface area contributed by atoms with Gasteiger partial charge in [-0.2, -0.15) is 5.10 Å². The van der Waals surface area contributed by atoms with E-state index in [1.807, 2.05) is 30.3 Å². The van der Waals surface area contributed by atoms with Gasteiger partial charge in [0.15, 0.2) is 0 Å². The number of nitrogens with one attached hydrogen (secondary N) is 1. The average Bonchev–Trinajstić information content (AvgIpc) is 2.64. The van der Waals surface area contributed by atoms with Gasteiger partial charge in [-0.3, -0.25) is 14.4 Å². The summed E-state index contributed by atoms with van der Waals surface area (Å²) in [5, 5.41) is 16.6. The first-order valence-corrected chi connectivity index (χ1v) is 9.06. The third-order valence-electron chi connectivity index (χ3n) is 5.16. The van der Waals surface area contributed by atoms with E-state index in [0.717, 1.165) is 23.1 Å². The van der Waals surface area contributed by atoms with Gasteiger partial charge in [0, 0.05) is 11.6 Å². The Labute approximate surface area is 157 Å². The van der Waals surface area contributed by atoms with Crippen molar-refractivity contribution in [2.24, 2.45) is 5.92 Å². The highest BCUT2D eigenvalue weighted by molar-refractivity contribution is 5.79. The third-order valence-corrected chi connectivity index (χ3v) is 5.16. The molecule has 7 nitrogen and oxygen atoms in total. The van der Waals surface area contributed by atoms with E-state index in [4.69, 9.17) is 0 Å². The molecule has 1 aliphatic carbocycles. The van der Waals surface area contributed by atoms with Crippen LogP contribution in [0.1, 0.15) is 32.6 Å². The largest absolute Gasteiger partial charge is 0.481 e. The summed E-state index contributed by atoms with van der Waals surface area (Å²) in [6.07, 6.45) is 2.83. The summed E-state index contributed by atoms with van der Waals surface area (Å²) >= 11 is 0. The SMILES string of the molecule is CC1(NC(=O)Cn2nc(-c3ccccc3)ccc2=O)CCCCC1C(=O)O. The number of hydrogen-bond donors (Lipinski definition) is 2. The lowest BCUT2D eigenvalue weighted by atomic mass is 9.74. The van der Waals surface area contributed by atoms with E-state index < -0.39 is 23.3 Å². The van der Waals surface area contributed by atoms with Crippen molar-refractivity contribution in [2.45, 2.75) is 44.7 Å². The summed E-state index contributed by atoms with van der Waals surface area (Å²) in [7, 11) is 0. The fourth-order valence-corrected chi connectivity index (χ4v) is 3.70. The van der Waals surface area contributed by atoms with E-state index in [-0.39, 0.29) is 12.1 Å². The molecule has 1 fully saturated rings. The lowest BCUT2D eigenvalue weighted by Crippen LogP contribution is -2.56. The minimum absolute atomic E-state index is 0.249. The van der Waals surface area contributed by atoms with Crippen molar-refractivity contribution >= 4 is 11.9 Å². The first-order chi connectivity index (χ1) is 12.9. The number of carbonyl (C=O) groups excluding carboxylic acids is 1. The number of amides is 1. The van der Waals surface area contributed by atoms with E-state index in [1.165, 1.54) is 6.07 Å². The Morgan fingerprint density at radius 3 is 2.67 bits per heavy atom. The third kappa shape index (κ3) is 4.24. The van der Waals surface area contributed by atoms with Crippen molar-refractivity contribution in [3.8, 4) is 11.3 Å². The maximum absolute atomic E-state index is 12.6. The molecular formula is C20H23N3O4. The number of hydrogen-bond acceptors (Lipinski definition) is 4. The molecule has 0 bridgehead atoms. The molecular weight excluding hydrogens is 346 g/mol. The van der Waals surface area contributed by atoms with Gasteiger partial charge in [0.2, 0.25) is 5.91 Å². The van der Waals surface area contributed by atoms with Crippen LogP contribution in [-0.2, 0) is 16.1 Å². The second kappa shape index (κ2) is 7.73. The van der Waals surface area contributed by atoms with Crippen LogP contribution in [0.25, 0.3) is 11.3 Å². The molecule has 1 saturated carbocycles. The molecule has 7 heteroatoms. The smallest absolute Gasteiger partial charge is 0.308 e. The van der Waals surface area contributed by atoms with Crippen LogP contribution in [-0.4, -0.2) is 32.3 Å². The molecule has 0 radical (unpaired) electrons. The van der Waals surface area contributed by atoms with Crippen LogP contribution in [0, 0.1) is 5.92 Å². The number of carboxylic acids is 1. The molecule has 2 N–H and O–H groups in total. The van der Waals surface area contributed by atoms with Gasteiger partial charge in [-0.1, -0.05) is 43.2 Å². The Balaban J connectivity index is 1.78. The number of nitrogens with zero attached hydrogens (tertiary/aromatic N) is 2. The molecule has 1 aromatic heterocycles. The van der Waals surface area contributed by atoms with E-state index in [0.29, 0.717) is 18.5 Å². The standard InChI is InChI=1S/C20H23N3O4/c1-20(12-6-5-9-15(20)19(26)27)21-17(24)13-23-18(25)11-10-16(22-23)14-7-3-2-4-8-14/h2-4,7-8,10-11,15H,5-6,9,12-13H2,1H3,(H,21,24)(H,26,27). The van der Waals surface area contributed by atoms with Crippen LogP contribution >= 0.6 is 0 Å². The van der Waals surface area contributed by atoms with Crippen LogP contribution in [0.3, 0.4) is 0 Å². The molecule has 2 unspecified atom stereocenters. The van der Waals surface area contributed by atoms with Gasteiger partial charge < -0.3 is 10.4 Å². The Hall–Kier alpha value is -2.96. The van der Waals surface area contributed by atoms with Crippen molar-refractivity contribution in [1.82, 2.24) is 15.1 Å². The van der Waals surface area contributed by atoms with Gasteiger partial charge in [0.25, 0.3) is 5.56 Å². The number of carboxylic acid groups (broad SMARTS) is 1. The van der Waals surface area contributed by atoms with Gasteiger partial charge in [0.1, 0.15) is 6.54 Å². The van der Waals surface area contributed by atoms with Crippen LogP contribution in [0.4, 0.5) is 0 Å². The Bertz CT molecular complexity index is 894. The quantitative estimate of drug-likeness (QED) is 0.840. The summed E-state index contributed by atoms with van der Waals surface area (Å²) in [6.45, 7) is 1.51. The predicted molar refractivity (Wildman–Crippen MR) is 100 cm³/mol. The summed E-state index contributed by atoms with van der Waals surface area (Å²) < 4.78 is 1.11. The van der Waals surface area contributed by atoms with Gasteiger partial charge >= 0.3 is 5.97 Å². The normalized spacial score (nSPS) is 22.2. The fraction of sp³-hybridized carbons (Fsp3) is 0.400. The molecule has 1 heterocycles. The molecule has 0 spiro atoms. The summed E-state index contributed by atoms with van der Waals surface area (Å²) in [6, 6.07) is 12.4. The van der Waals surface area contributed by atoms with E-state index in [9.17, 15) is 19.5 Å². The Kier molecular flexibility index (Phi) is 5.39. The van der Waals surface area contributed by atoms with Crippen molar-refractivity contribution in [3.63, 3.8) is 0 Å². The average molecular weight is 369 g/mol. The molecule has 1 aliphatic rings. The highest BCUT2D eigenvalue weighted by atomic mass is 16.4. The Morgan fingerprint density at radius 2 is 1.96 bits per heavy atom. The molecule has 3 rings (SSSR count). The van der Waals surface area contributed by atoms with E-state index >= 15 is 0 Å². The van der Waals surface area contributed by atoms with Crippen molar-refractivity contribution in [2.75, 3.05) is 0 Å². The molecule has 2 atom stereocenters. The second-order valence-corrected chi connectivity index (χ2v) is 7.18.